The molecule has 3 nitrogen and oxygen atoms in total. The fourth-order valence-corrected chi connectivity index (χ4v) is 2.49. The van der Waals surface area contributed by atoms with E-state index in [1.165, 1.54) is 0 Å². The van der Waals surface area contributed by atoms with Crippen molar-refractivity contribution in [3.63, 3.8) is 0 Å². The van der Waals surface area contributed by atoms with Gasteiger partial charge in [-0.1, -0.05) is 0 Å². The maximum atomic E-state index is 11.6. The van der Waals surface area contributed by atoms with Crippen molar-refractivity contribution in [2.45, 2.75) is 12.8 Å². The first-order valence-electron chi connectivity index (χ1n) is 5.22. The van der Waals surface area contributed by atoms with Crippen LogP contribution in [0, 0.1) is 11.8 Å². The molecule has 1 amide bonds. The molecule has 2 aliphatic heterocycles. The van der Waals surface area contributed by atoms with E-state index >= 15 is 0 Å². The molecule has 0 N–H and O–H groups in total. The second kappa shape index (κ2) is 4.49. The summed E-state index contributed by atoms with van der Waals surface area (Å²) in [6.07, 6.45) is 1.57. The largest absolute Gasteiger partial charge is 0.381 e. The summed E-state index contributed by atoms with van der Waals surface area (Å²) in [5.41, 5.74) is 0. The van der Waals surface area contributed by atoms with Gasteiger partial charge < -0.3 is 9.64 Å². The highest BCUT2D eigenvalue weighted by Gasteiger charge is 2.34. The molecular formula is C10H16ClNO2. The summed E-state index contributed by atoms with van der Waals surface area (Å²) in [6, 6.07) is 0. The summed E-state index contributed by atoms with van der Waals surface area (Å²) in [5, 5.41) is 0. The van der Waals surface area contributed by atoms with Gasteiger partial charge in [-0.15, -0.1) is 11.6 Å². The van der Waals surface area contributed by atoms with Crippen LogP contribution in [0.25, 0.3) is 0 Å². The van der Waals surface area contributed by atoms with Gasteiger partial charge in [0, 0.05) is 37.9 Å². The molecule has 2 atom stereocenters. The van der Waals surface area contributed by atoms with E-state index in [2.05, 4.69) is 0 Å². The Morgan fingerprint density at radius 3 is 3.00 bits per heavy atom. The van der Waals surface area contributed by atoms with Gasteiger partial charge in [0.2, 0.25) is 5.91 Å². The molecule has 2 rings (SSSR count). The number of rotatable bonds is 2. The third-order valence-electron chi connectivity index (χ3n) is 3.22. The van der Waals surface area contributed by atoms with Crippen molar-refractivity contribution in [2.75, 3.05) is 32.2 Å². The van der Waals surface area contributed by atoms with Gasteiger partial charge in [-0.2, -0.15) is 0 Å². The maximum Gasteiger partial charge on any atom is 0.223 e. The number of likely N-dealkylation sites (tertiary alicyclic amines) is 1. The predicted molar refractivity (Wildman–Crippen MR) is 54.3 cm³/mol. The van der Waals surface area contributed by atoms with Crippen LogP contribution in [0.5, 0.6) is 0 Å². The van der Waals surface area contributed by atoms with Gasteiger partial charge in [-0.05, 0) is 12.3 Å². The predicted octanol–water partition coefficient (Wildman–Crippen LogP) is 1.11. The van der Waals surface area contributed by atoms with Gasteiger partial charge in [-0.25, -0.2) is 0 Å². The summed E-state index contributed by atoms with van der Waals surface area (Å²) >= 11 is 5.55. The summed E-state index contributed by atoms with van der Waals surface area (Å²) < 4.78 is 5.42. The van der Waals surface area contributed by atoms with Crippen LogP contribution in [0.1, 0.15) is 12.8 Å². The topological polar surface area (TPSA) is 29.5 Å². The van der Waals surface area contributed by atoms with Gasteiger partial charge >= 0.3 is 0 Å². The third kappa shape index (κ3) is 2.04. The Hall–Kier alpha value is -0.280. The number of ether oxygens (including phenoxy) is 1. The van der Waals surface area contributed by atoms with Gasteiger partial charge in [0.25, 0.3) is 0 Å². The Labute approximate surface area is 89.4 Å². The van der Waals surface area contributed by atoms with Crippen LogP contribution in [0.15, 0.2) is 0 Å². The van der Waals surface area contributed by atoms with Crippen molar-refractivity contribution in [3.8, 4) is 0 Å². The molecule has 2 heterocycles. The van der Waals surface area contributed by atoms with E-state index in [9.17, 15) is 4.79 Å². The molecule has 0 aromatic heterocycles. The lowest BCUT2D eigenvalue weighted by Crippen LogP contribution is -2.43. The molecule has 0 bridgehead atoms. The number of alkyl halides is 1. The van der Waals surface area contributed by atoms with E-state index in [0.29, 0.717) is 24.1 Å². The molecule has 0 aromatic carbocycles. The normalized spacial score (nSPS) is 31.6. The summed E-state index contributed by atoms with van der Waals surface area (Å²) in [6.45, 7) is 3.48. The number of amides is 1. The fourth-order valence-electron chi connectivity index (χ4n) is 2.33. The standard InChI is InChI=1S/C10H16ClNO2/c11-3-1-10(13)12-4-2-8-6-14-7-9(8)5-12/h8-9H,1-7H2/t8-,9-/m1/s1. The van der Waals surface area contributed by atoms with Crippen molar-refractivity contribution in [1.29, 1.82) is 0 Å². The molecular weight excluding hydrogens is 202 g/mol. The van der Waals surface area contributed by atoms with E-state index < -0.39 is 0 Å². The highest BCUT2D eigenvalue weighted by Crippen LogP contribution is 2.29. The Morgan fingerprint density at radius 2 is 2.21 bits per heavy atom. The first-order chi connectivity index (χ1) is 6.81. The number of fused-ring (bicyclic) bond motifs is 1. The van der Waals surface area contributed by atoms with Gasteiger partial charge in [0.15, 0.2) is 0 Å². The SMILES string of the molecule is O=C(CCCl)N1CC[C@@H]2COC[C@H]2C1. The Morgan fingerprint density at radius 1 is 1.43 bits per heavy atom. The van der Waals surface area contributed by atoms with Crippen LogP contribution in [0.2, 0.25) is 0 Å². The van der Waals surface area contributed by atoms with Crippen LogP contribution in [-0.4, -0.2) is 43.0 Å². The lowest BCUT2D eigenvalue weighted by Gasteiger charge is -2.33. The van der Waals surface area contributed by atoms with E-state index in [1.807, 2.05) is 4.90 Å². The minimum Gasteiger partial charge on any atom is -0.381 e. The number of piperidine rings is 1. The Bertz CT molecular complexity index is 222. The van der Waals surface area contributed by atoms with Crippen LogP contribution in [-0.2, 0) is 9.53 Å². The number of halogens is 1. The van der Waals surface area contributed by atoms with Crippen molar-refractivity contribution >= 4 is 17.5 Å². The number of carbonyl (C=O) groups is 1. The first-order valence-corrected chi connectivity index (χ1v) is 5.76. The quantitative estimate of drug-likeness (QED) is 0.649. The molecule has 0 radical (unpaired) electrons. The highest BCUT2D eigenvalue weighted by molar-refractivity contribution is 6.18. The van der Waals surface area contributed by atoms with Crippen LogP contribution < -0.4 is 0 Å². The molecule has 4 heteroatoms. The molecule has 0 spiro atoms. The lowest BCUT2D eigenvalue weighted by molar-refractivity contribution is -0.132. The lowest BCUT2D eigenvalue weighted by atomic mass is 9.88. The first kappa shape index (κ1) is 10.2. The molecule has 0 unspecified atom stereocenters. The summed E-state index contributed by atoms with van der Waals surface area (Å²) in [5.74, 6) is 1.89. The van der Waals surface area contributed by atoms with Gasteiger partial charge in [0.1, 0.15) is 0 Å². The number of nitrogens with zero attached hydrogens (tertiary/aromatic N) is 1. The third-order valence-corrected chi connectivity index (χ3v) is 3.41. The van der Waals surface area contributed by atoms with Crippen molar-refractivity contribution < 1.29 is 9.53 Å². The van der Waals surface area contributed by atoms with Crippen LogP contribution in [0.3, 0.4) is 0 Å². The number of carbonyl (C=O) groups excluding carboxylic acids is 1. The van der Waals surface area contributed by atoms with Crippen molar-refractivity contribution in [1.82, 2.24) is 4.90 Å². The van der Waals surface area contributed by atoms with E-state index in [1.54, 1.807) is 0 Å². The zero-order chi connectivity index (χ0) is 9.97. The van der Waals surface area contributed by atoms with Gasteiger partial charge in [-0.3, -0.25) is 4.79 Å². The molecule has 2 fully saturated rings. The molecule has 2 aliphatic rings. The summed E-state index contributed by atoms with van der Waals surface area (Å²) in [7, 11) is 0. The Kier molecular flexibility index (Phi) is 3.29. The summed E-state index contributed by atoms with van der Waals surface area (Å²) in [4.78, 5) is 13.5. The monoisotopic (exact) mass is 217 g/mol. The number of hydrogen-bond acceptors (Lipinski definition) is 2. The van der Waals surface area contributed by atoms with E-state index in [4.69, 9.17) is 16.3 Å². The Balaban J connectivity index is 1.87. The fraction of sp³-hybridized carbons (Fsp3) is 0.900. The molecule has 0 aliphatic carbocycles. The van der Waals surface area contributed by atoms with Crippen LogP contribution in [0.4, 0.5) is 0 Å². The molecule has 0 saturated carbocycles. The maximum absolute atomic E-state index is 11.6. The van der Waals surface area contributed by atoms with Crippen molar-refractivity contribution in [2.24, 2.45) is 11.8 Å². The molecule has 2 saturated heterocycles. The van der Waals surface area contributed by atoms with E-state index in [-0.39, 0.29) is 5.91 Å². The zero-order valence-corrected chi connectivity index (χ0v) is 9.00. The zero-order valence-electron chi connectivity index (χ0n) is 8.25. The molecule has 80 valence electrons. The second-order valence-corrected chi connectivity index (χ2v) is 4.50. The number of hydrogen-bond donors (Lipinski definition) is 0. The average molecular weight is 218 g/mol. The molecule has 14 heavy (non-hydrogen) atoms. The van der Waals surface area contributed by atoms with Gasteiger partial charge in [0.05, 0.1) is 6.61 Å². The van der Waals surface area contributed by atoms with Crippen LogP contribution >= 0.6 is 11.6 Å². The minimum absolute atomic E-state index is 0.199. The molecule has 0 aromatic rings. The highest BCUT2D eigenvalue weighted by atomic mass is 35.5. The van der Waals surface area contributed by atoms with E-state index in [0.717, 1.165) is 32.7 Å². The second-order valence-electron chi connectivity index (χ2n) is 4.13. The minimum atomic E-state index is 0.199. The smallest absolute Gasteiger partial charge is 0.223 e. The average Bonchev–Trinajstić information content (AvgIpc) is 2.64. The van der Waals surface area contributed by atoms with Crippen molar-refractivity contribution in [3.05, 3.63) is 0 Å².